The fourth-order valence-electron chi connectivity index (χ4n) is 4.76. The first kappa shape index (κ1) is 13.5. The Labute approximate surface area is 127 Å². The van der Waals surface area contributed by atoms with E-state index in [1.54, 1.807) is 0 Å². The summed E-state index contributed by atoms with van der Waals surface area (Å²) in [6, 6.07) is 8.06. The van der Waals surface area contributed by atoms with Crippen LogP contribution in [0, 0.1) is 5.92 Å². The fraction of sp³-hybridized carbons (Fsp3) is 0.632. The lowest BCUT2D eigenvalue weighted by Gasteiger charge is -2.35. The van der Waals surface area contributed by atoms with E-state index in [-0.39, 0.29) is 0 Å². The Kier molecular flexibility index (Phi) is 3.37. The quantitative estimate of drug-likeness (QED) is 0.849. The van der Waals surface area contributed by atoms with Gasteiger partial charge in [0.1, 0.15) is 5.78 Å². The maximum Gasteiger partial charge on any atom is 0.140 e. The van der Waals surface area contributed by atoms with Gasteiger partial charge >= 0.3 is 0 Å². The topological polar surface area (TPSA) is 20.3 Å². The van der Waals surface area contributed by atoms with Crippen LogP contribution in [0.5, 0.6) is 0 Å². The van der Waals surface area contributed by atoms with Gasteiger partial charge in [-0.15, -0.1) is 0 Å². The number of fused-ring (bicyclic) bond motifs is 3. The summed E-state index contributed by atoms with van der Waals surface area (Å²) in [5, 5.41) is 0. The van der Waals surface area contributed by atoms with Gasteiger partial charge in [0.05, 0.1) is 0 Å². The fourth-order valence-corrected chi connectivity index (χ4v) is 4.76. The lowest BCUT2D eigenvalue weighted by molar-refractivity contribution is -0.124. The first-order valence-electron chi connectivity index (χ1n) is 8.56. The number of Topliss-reactive ketones (excluding diaryl/α,β-unsaturated/α-hetero) is 1. The van der Waals surface area contributed by atoms with Gasteiger partial charge in [-0.1, -0.05) is 18.2 Å². The van der Waals surface area contributed by atoms with Gasteiger partial charge in [0, 0.05) is 24.4 Å². The first-order chi connectivity index (χ1) is 10.2. The smallest absolute Gasteiger partial charge is 0.140 e. The van der Waals surface area contributed by atoms with Gasteiger partial charge in [-0.25, -0.2) is 0 Å². The SMILES string of the molecule is CN1C2CCC1CC(C(=O)Cc1ccc3c(c1)CCC3)C2. The average Bonchev–Trinajstić information content (AvgIpc) is 2.99. The number of hydrogen-bond donors (Lipinski definition) is 0. The molecule has 2 saturated heterocycles. The van der Waals surface area contributed by atoms with E-state index in [1.807, 2.05) is 0 Å². The molecule has 2 heteroatoms. The van der Waals surface area contributed by atoms with Crippen LogP contribution in [-0.4, -0.2) is 29.8 Å². The van der Waals surface area contributed by atoms with E-state index in [1.165, 1.54) is 48.8 Å². The summed E-state index contributed by atoms with van der Waals surface area (Å²) >= 11 is 0. The van der Waals surface area contributed by atoms with E-state index in [9.17, 15) is 4.79 Å². The maximum absolute atomic E-state index is 12.7. The molecule has 2 nitrogen and oxygen atoms in total. The molecule has 1 aromatic carbocycles. The number of nitrogens with zero attached hydrogens (tertiary/aromatic N) is 1. The maximum atomic E-state index is 12.7. The number of rotatable bonds is 3. The third kappa shape index (κ3) is 2.44. The van der Waals surface area contributed by atoms with E-state index < -0.39 is 0 Å². The molecule has 2 atom stereocenters. The minimum Gasteiger partial charge on any atom is -0.300 e. The summed E-state index contributed by atoms with van der Waals surface area (Å²) < 4.78 is 0. The molecule has 0 amide bonds. The standard InChI is InChI=1S/C19H25NO/c1-20-17-7-8-18(20)12-16(11-17)19(21)10-13-5-6-14-3-2-4-15(14)9-13/h5-6,9,16-18H,2-4,7-8,10-12H2,1H3. The Bertz CT molecular complexity index is 551. The molecule has 1 aliphatic carbocycles. The molecule has 2 fully saturated rings. The highest BCUT2D eigenvalue weighted by molar-refractivity contribution is 5.83. The van der Waals surface area contributed by atoms with Gasteiger partial charge in [-0.2, -0.15) is 0 Å². The molecule has 2 bridgehead atoms. The number of ketones is 1. The van der Waals surface area contributed by atoms with E-state index >= 15 is 0 Å². The zero-order valence-electron chi connectivity index (χ0n) is 13.0. The van der Waals surface area contributed by atoms with Crippen molar-refractivity contribution in [2.24, 2.45) is 5.92 Å². The molecule has 0 N–H and O–H groups in total. The minimum absolute atomic E-state index is 0.312. The predicted octanol–water partition coefficient (Wildman–Crippen LogP) is 3.16. The van der Waals surface area contributed by atoms with Crippen molar-refractivity contribution < 1.29 is 4.79 Å². The number of hydrogen-bond acceptors (Lipinski definition) is 2. The Morgan fingerprint density at radius 3 is 2.62 bits per heavy atom. The van der Waals surface area contributed by atoms with Crippen LogP contribution in [0.4, 0.5) is 0 Å². The monoisotopic (exact) mass is 283 g/mol. The Hall–Kier alpha value is -1.15. The molecular weight excluding hydrogens is 258 g/mol. The van der Waals surface area contributed by atoms with Crippen LogP contribution in [0.3, 0.4) is 0 Å². The third-order valence-electron chi connectivity index (χ3n) is 6.09. The summed E-state index contributed by atoms with van der Waals surface area (Å²) in [5.74, 6) is 0.796. The lowest BCUT2D eigenvalue weighted by Crippen LogP contribution is -2.42. The Morgan fingerprint density at radius 2 is 1.86 bits per heavy atom. The molecule has 112 valence electrons. The van der Waals surface area contributed by atoms with E-state index in [0.717, 1.165) is 12.8 Å². The highest BCUT2D eigenvalue weighted by Crippen LogP contribution is 2.38. The normalized spacial score (nSPS) is 31.4. The number of carbonyl (C=O) groups excluding carboxylic acids is 1. The number of carbonyl (C=O) groups is 1. The molecule has 2 aliphatic heterocycles. The van der Waals surface area contributed by atoms with E-state index in [2.05, 4.69) is 30.1 Å². The van der Waals surface area contributed by atoms with Crippen LogP contribution in [0.15, 0.2) is 18.2 Å². The van der Waals surface area contributed by atoms with Gasteiger partial charge in [0.15, 0.2) is 0 Å². The summed E-state index contributed by atoms with van der Waals surface area (Å²) in [5.41, 5.74) is 4.24. The first-order valence-corrected chi connectivity index (χ1v) is 8.56. The van der Waals surface area contributed by atoms with Crippen molar-refractivity contribution in [2.75, 3.05) is 7.05 Å². The number of benzene rings is 1. The van der Waals surface area contributed by atoms with Crippen LogP contribution in [-0.2, 0) is 24.1 Å². The highest BCUT2D eigenvalue weighted by atomic mass is 16.1. The van der Waals surface area contributed by atoms with Crippen LogP contribution in [0.1, 0.15) is 48.8 Å². The molecule has 0 saturated carbocycles. The van der Waals surface area contributed by atoms with Crippen molar-refractivity contribution in [1.82, 2.24) is 4.90 Å². The summed E-state index contributed by atoms with van der Waals surface area (Å²) in [4.78, 5) is 15.2. The predicted molar refractivity (Wildman–Crippen MR) is 84.5 cm³/mol. The van der Waals surface area contributed by atoms with Gasteiger partial charge < -0.3 is 4.90 Å². The second-order valence-corrected chi connectivity index (χ2v) is 7.32. The third-order valence-corrected chi connectivity index (χ3v) is 6.09. The average molecular weight is 283 g/mol. The van der Waals surface area contributed by atoms with Crippen molar-refractivity contribution in [3.05, 3.63) is 34.9 Å². The van der Waals surface area contributed by atoms with Crippen molar-refractivity contribution in [3.8, 4) is 0 Å². The van der Waals surface area contributed by atoms with E-state index in [0.29, 0.717) is 30.2 Å². The molecule has 0 spiro atoms. The van der Waals surface area contributed by atoms with Crippen molar-refractivity contribution in [1.29, 1.82) is 0 Å². The molecule has 2 heterocycles. The zero-order valence-corrected chi connectivity index (χ0v) is 13.0. The lowest BCUT2D eigenvalue weighted by atomic mass is 9.85. The van der Waals surface area contributed by atoms with Gasteiger partial charge in [0.2, 0.25) is 0 Å². The molecule has 4 rings (SSSR count). The largest absolute Gasteiger partial charge is 0.300 e. The highest BCUT2D eigenvalue weighted by Gasteiger charge is 2.40. The number of piperidine rings is 1. The molecule has 21 heavy (non-hydrogen) atoms. The Balaban J connectivity index is 1.44. The van der Waals surface area contributed by atoms with Crippen LogP contribution < -0.4 is 0 Å². The molecule has 2 unspecified atom stereocenters. The van der Waals surface area contributed by atoms with Crippen LogP contribution in [0.25, 0.3) is 0 Å². The van der Waals surface area contributed by atoms with Crippen molar-refractivity contribution in [2.45, 2.75) is 63.5 Å². The number of aryl methyl sites for hydroxylation is 2. The summed E-state index contributed by atoms with van der Waals surface area (Å²) in [6.45, 7) is 0. The molecular formula is C19H25NO. The molecule has 3 aliphatic rings. The second-order valence-electron chi connectivity index (χ2n) is 7.32. The van der Waals surface area contributed by atoms with Crippen LogP contribution >= 0.6 is 0 Å². The molecule has 0 aromatic heterocycles. The molecule has 0 radical (unpaired) electrons. The van der Waals surface area contributed by atoms with E-state index in [4.69, 9.17) is 0 Å². The Morgan fingerprint density at radius 1 is 1.14 bits per heavy atom. The van der Waals surface area contributed by atoms with Crippen molar-refractivity contribution >= 4 is 5.78 Å². The van der Waals surface area contributed by atoms with Gasteiger partial charge in [0.25, 0.3) is 0 Å². The van der Waals surface area contributed by atoms with Gasteiger partial charge in [-0.05, 0) is 68.7 Å². The van der Waals surface area contributed by atoms with Crippen LogP contribution in [0.2, 0.25) is 0 Å². The zero-order chi connectivity index (χ0) is 14.4. The van der Waals surface area contributed by atoms with Gasteiger partial charge in [-0.3, -0.25) is 4.79 Å². The second kappa shape index (κ2) is 5.24. The summed E-state index contributed by atoms with van der Waals surface area (Å²) in [7, 11) is 2.24. The van der Waals surface area contributed by atoms with Crippen molar-refractivity contribution in [3.63, 3.8) is 0 Å². The molecule has 1 aromatic rings. The summed E-state index contributed by atoms with van der Waals surface area (Å²) in [6.07, 6.45) is 9.14. The minimum atomic E-state index is 0.312.